The summed E-state index contributed by atoms with van der Waals surface area (Å²) in [5.74, 6) is -1.02. The Balaban J connectivity index is 2.46. The summed E-state index contributed by atoms with van der Waals surface area (Å²) in [6.45, 7) is 1.98. The van der Waals surface area contributed by atoms with Crippen molar-refractivity contribution < 1.29 is 9.90 Å². The van der Waals surface area contributed by atoms with Gasteiger partial charge in [0.25, 0.3) is 0 Å². The summed E-state index contributed by atoms with van der Waals surface area (Å²) in [5.41, 5.74) is 8.67. The molecule has 0 amide bonds. The van der Waals surface area contributed by atoms with Crippen LogP contribution in [0, 0.1) is 6.92 Å². The largest absolute Gasteiger partial charge is 0.478 e. The molecule has 19 heavy (non-hydrogen) atoms. The lowest BCUT2D eigenvalue weighted by Crippen LogP contribution is -2.06. The molecule has 0 aliphatic rings. The predicted molar refractivity (Wildman–Crippen MR) is 80.0 cm³/mol. The number of carboxylic acid groups (broad SMARTS) is 1. The molecule has 0 spiro atoms. The number of rotatable bonds is 3. The van der Waals surface area contributed by atoms with Crippen LogP contribution in [0.3, 0.4) is 0 Å². The third kappa shape index (κ3) is 2.88. The highest BCUT2D eigenvalue weighted by molar-refractivity contribution is 9.10. The van der Waals surface area contributed by atoms with Crippen LogP contribution in [0.2, 0.25) is 0 Å². The van der Waals surface area contributed by atoms with Crippen molar-refractivity contribution in [2.45, 2.75) is 6.92 Å². The molecule has 0 fully saturated rings. The van der Waals surface area contributed by atoms with Crippen molar-refractivity contribution in [1.29, 1.82) is 0 Å². The van der Waals surface area contributed by atoms with E-state index in [9.17, 15) is 9.90 Å². The zero-order valence-electron chi connectivity index (χ0n) is 10.3. The first kappa shape index (κ1) is 13.4. The van der Waals surface area contributed by atoms with Gasteiger partial charge in [0.05, 0.1) is 22.6 Å². The zero-order chi connectivity index (χ0) is 14.0. The Kier molecular flexibility index (Phi) is 3.76. The van der Waals surface area contributed by atoms with Crippen LogP contribution in [0.4, 0.5) is 17.1 Å². The molecule has 0 aliphatic heterocycles. The number of carboxylic acids is 1. The first-order chi connectivity index (χ1) is 8.99. The highest BCUT2D eigenvalue weighted by atomic mass is 79.9. The van der Waals surface area contributed by atoms with Gasteiger partial charge in [-0.25, -0.2) is 4.79 Å². The molecule has 98 valence electrons. The number of nitrogens with two attached hydrogens (primary N) is 1. The van der Waals surface area contributed by atoms with E-state index in [2.05, 4.69) is 21.2 Å². The van der Waals surface area contributed by atoms with Crippen molar-refractivity contribution in [3.63, 3.8) is 0 Å². The predicted octanol–water partition coefficient (Wildman–Crippen LogP) is 3.78. The number of benzene rings is 2. The smallest absolute Gasteiger partial charge is 0.337 e. The van der Waals surface area contributed by atoms with Gasteiger partial charge in [0.15, 0.2) is 0 Å². The summed E-state index contributed by atoms with van der Waals surface area (Å²) >= 11 is 3.44. The van der Waals surface area contributed by atoms with E-state index < -0.39 is 5.97 Å². The van der Waals surface area contributed by atoms with Crippen molar-refractivity contribution in [1.82, 2.24) is 0 Å². The molecule has 2 aromatic rings. The molecule has 0 unspecified atom stereocenters. The van der Waals surface area contributed by atoms with E-state index in [1.165, 1.54) is 6.07 Å². The Morgan fingerprint density at radius 2 is 2.05 bits per heavy atom. The van der Waals surface area contributed by atoms with Crippen LogP contribution in [0.1, 0.15) is 15.9 Å². The Morgan fingerprint density at radius 1 is 1.32 bits per heavy atom. The molecule has 0 heterocycles. The molecule has 5 heteroatoms. The molecule has 2 aromatic carbocycles. The maximum atomic E-state index is 11.2. The number of carbonyl (C=O) groups is 1. The molecule has 0 atom stereocenters. The van der Waals surface area contributed by atoms with Gasteiger partial charge < -0.3 is 16.2 Å². The molecule has 0 saturated heterocycles. The fourth-order valence-corrected chi connectivity index (χ4v) is 2.34. The second-order valence-electron chi connectivity index (χ2n) is 4.18. The van der Waals surface area contributed by atoms with Crippen LogP contribution >= 0.6 is 15.9 Å². The van der Waals surface area contributed by atoms with Crippen LogP contribution in [-0.4, -0.2) is 11.1 Å². The van der Waals surface area contributed by atoms with Gasteiger partial charge in [-0.3, -0.25) is 0 Å². The number of aryl methyl sites for hydroxylation is 1. The lowest BCUT2D eigenvalue weighted by molar-refractivity contribution is 0.0698. The van der Waals surface area contributed by atoms with E-state index in [0.717, 1.165) is 15.7 Å². The van der Waals surface area contributed by atoms with Crippen LogP contribution in [0.5, 0.6) is 0 Å². The van der Waals surface area contributed by atoms with E-state index in [-0.39, 0.29) is 5.56 Å². The topological polar surface area (TPSA) is 75.3 Å². The van der Waals surface area contributed by atoms with Gasteiger partial charge in [-0.15, -0.1) is 0 Å². The molecule has 4 N–H and O–H groups in total. The van der Waals surface area contributed by atoms with Gasteiger partial charge in [-0.05, 0) is 52.7 Å². The number of nitrogens with one attached hydrogen (secondary N) is 1. The maximum Gasteiger partial charge on any atom is 0.337 e. The maximum absolute atomic E-state index is 11.2. The first-order valence-electron chi connectivity index (χ1n) is 5.64. The number of nitrogen functional groups attached to an aromatic ring is 1. The summed E-state index contributed by atoms with van der Waals surface area (Å²) in [4.78, 5) is 11.2. The molecule has 0 aromatic heterocycles. The van der Waals surface area contributed by atoms with Gasteiger partial charge in [-0.1, -0.05) is 12.1 Å². The minimum absolute atomic E-state index is 0.146. The highest BCUT2D eigenvalue weighted by Gasteiger charge is 2.13. The quantitative estimate of drug-likeness (QED) is 0.752. The van der Waals surface area contributed by atoms with Gasteiger partial charge in [0, 0.05) is 4.47 Å². The van der Waals surface area contributed by atoms with E-state index >= 15 is 0 Å². The molecule has 0 saturated carbocycles. The van der Waals surface area contributed by atoms with Crippen molar-refractivity contribution in [2.75, 3.05) is 11.1 Å². The van der Waals surface area contributed by atoms with Gasteiger partial charge >= 0.3 is 5.97 Å². The third-order valence-electron chi connectivity index (χ3n) is 2.71. The third-order valence-corrected chi connectivity index (χ3v) is 3.37. The summed E-state index contributed by atoms with van der Waals surface area (Å²) in [5, 5.41) is 12.2. The average molecular weight is 321 g/mol. The van der Waals surface area contributed by atoms with Gasteiger partial charge in [-0.2, -0.15) is 0 Å². The lowest BCUT2D eigenvalue weighted by Gasteiger charge is -2.14. The molecule has 2 rings (SSSR count). The number of hydrogen-bond acceptors (Lipinski definition) is 3. The standard InChI is InChI=1S/C14H13BrN2O2/c1-8-5-6-12(10(15)7-8)17-13-9(14(18)19)3-2-4-11(13)16/h2-7,17H,16H2,1H3,(H,18,19). The van der Waals surface area contributed by atoms with E-state index in [0.29, 0.717) is 11.4 Å². The summed E-state index contributed by atoms with van der Waals surface area (Å²) < 4.78 is 0.854. The summed E-state index contributed by atoms with van der Waals surface area (Å²) in [6, 6.07) is 10.6. The van der Waals surface area contributed by atoms with E-state index in [4.69, 9.17) is 5.73 Å². The minimum atomic E-state index is -1.02. The minimum Gasteiger partial charge on any atom is -0.478 e. The Labute approximate surface area is 119 Å². The van der Waals surface area contributed by atoms with Crippen LogP contribution < -0.4 is 11.1 Å². The Morgan fingerprint density at radius 3 is 2.68 bits per heavy atom. The van der Waals surface area contributed by atoms with Crippen molar-refractivity contribution in [3.05, 3.63) is 52.0 Å². The molecule has 0 aliphatic carbocycles. The first-order valence-corrected chi connectivity index (χ1v) is 6.43. The lowest BCUT2D eigenvalue weighted by atomic mass is 10.1. The normalized spacial score (nSPS) is 10.2. The van der Waals surface area contributed by atoms with Crippen molar-refractivity contribution >= 4 is 39.0 Å². The second kappa shape index (κ2) is 5.32. The second-order valence-corrected chi connectivity index (χ2v) is 5.04. The van der Waals surface area contributed by atoms with Gasteiger partial charge in [0.2, 0.25) is 0 Å². The number of para-hydroxylation sites is 1. The fraction of sp³-hybridized carbons (Fsp3) is 0.0714. The zero-order valence-corrected chi connectivity index (χ0v) is 11.9. The molecular formula is C14H13BrN2O2. The van der Waals surface area contributed by atoms with E-state index in [1.54, 1.807) is 12.1 Å². The Hall–Kier alpha value is -2.01. The van der Waals surface area contributed by atoms with Crippen molar-refractivity contribution in [2.24, 2.45) is 0 Å². The number of halogens is 1. The fourth-order valence-electron chi connectivity index (χ4n) is 1.74. The average Bonchev–Trinajstić information content (AvgIpc) is 2.34. The SMILES string of the molecule is Cc1ccc(Nc2c(N)cccc2C(=O)O)c(Br)c1. The molecular weight excluding hydrogens is 308 g/mol. The van der Waals surface area contributed by atoms with Crippen LogP contribution in [0.15, 0.2) is 40.9 Å². The van der Waals surface area contributed by atoms with Crippen LogP contribution in [0.25, 0.3) is 0 Å². The van der Waals surface area contributed by atoms with Crippen LogP contribution in [-0.2, 0) is 0 Å². The molecule has 4 nitrogen and oxygen atoms in total. The summed E-state index contributed by atoms with van der Waals surface area (Å²) in [6.07, 6.45) is 0. The van der Waals surface area contributed by atoms with Crippen molar-refractivity contribution in [3.8, 4) is 0 Å². The molecule has 0 radical (unpaired) electrons. The number of anilines is 3. The highest BCUT2D eigenvalue weighted by Crippen LogP contribution is 2.31. The molecule has 0 bridgehead atoms. The van der Waals surface area contributed by atoms with E-state index in [1.807, 2.05) is 25.1 Å². The Bertz CT molecular complexity index is 641. The number of hydrogen-bond donors (Lipinski definition) is 3. The van der Waals surface area contributed by atoms with Gasteiger partial charge in [0.1, 0.15) is 0 Å². The number of aromatic carboxylic acids is 1. The summed E-state index contributed by atoms with van der Waals surface area (Å²) in [7, 11) is 0. The monoisotopic (exact) mass is 320 g/mol.